The maximum absolute atomic E-state index is 6.94. The molecule has 0 aliphatic rings. The summed E-state index contributed by atoms with van der Waals surface area (Å²) in [7, 11) is 0. The summed E-state index contributed by atoms with van der Waals surface area (Å²) in [6.45, 7) is 8.62. The Morgan fingerprint density at radius 2 is 1.37 bits per heavy atom. The van der Waals surface area contributed by atoms with Crippen molar-refractivity contribution in [2.45, 2.75) is 26.3 Å². The number of rotatable bonds is 1. The summed E-state index contributed by atoms with van der Waals surface area (Å²) in [5.41, 5.74) is 9.14. The van der Waals surface area contributed by atoms with E-state index in [1.54, 1.807) is 0 Å². The Hall–Kier alpha value is -0.0200. The second kappa shape index (κ2) is 16.9. The summed E-state index contributed by atoms with van der Waals surface area (Å²) in [6.07, 6.45) is 0. The first kappa shape index (κ1) is 34.5. The third-order valence-corrected chi connectivity index (χ3v) is 3.05. The molecular formula is C21H28Cl3NSiZr-4. The van der Waals surface area contributed by atoms with Gasteiger partial charge in [-0.15, -0.1) is 64.9 Å². The molecule has 0 heterocycles. The van der Waals surface area contributed by atoms with E-state index in [0.29, 0.717) is 0 Å². The van der Waals surface area contributed by atoms with Gasteiger partial charge < -0.3 is 20.6 Å². The molecule has 0 aliphatic carbocycles. The van der Waals surface area contributed by atoms with Crippen molar-refractivity contribution in [3.05, 3.63) is 86.3 Å². The molecule has 0 aliphatic heterocycles. The molecule has 0 fully saturated rings. The molecule has 6 heteroatoms. The molecule has 0 spiro atoms. The summed E-state index contributed by atoms with van der Waals surface area (Å²) < 4.78 is 0. The van der Waals surface area contributed by atoms with Crippen LogP contribution in [-0.2, 0) is 23.3 Å². The Labute approximate surface area is 199 Å². The molecule has 3 aromatic carbocycles. The van der Waals surface area contributed by atoms with Crippen LogP contribution in [0.15, 0.2) is 60.7 Å². The van der Waals surface area contributed by atoms with Crippen LogP contribution in [0.3, 0.4) is 0 Å². The van der Waals surface area contributed by atoms with Crippen molar-refractivity contribution in [3.63, 3.8) is 0 Å². The van der Waals surface area contributed by atoms with Gasteiger partial charge in [0, 0.05) is 5.02 Å². The molecule has 3 rings (SSSR count). The Morgan fingerprint density at radius 3 is 1.81 bits per heavy atom. The monoisotopic (exact) mass is 517 g/mol. The van der Waals surface area contributed by atoms with E-state index < -0.39 is 0 Å². The second-order valence-corrected chi connectivity index (χ2v) is 6.57. The Kier molecular flexibility index (Phi) is 21.6. The standard InChI is InChI=1S/C15H10Cl.C4H10N.2CH3.2ClH.Si.Zr/c16-15-7-5-11(6-8-15)14-9-12-3-1-2-4-13(12)10-14;1-4(2,3)5;;;;;;/h1-10H;5H,1-3H3;2*1H3;2*1H;;/q4*-1;;;;. The summed E-state index contributed by atoms with van der Waals surface area (Å²) in [6, 6.07) is 20.8. The van der Waals surface area contributed by atoms with Crippen molar-refractivity contribution in [2.75, 3.05) is 0 Å². The first-order valence-electron chi connectivity index (χ1n) is 7.24. The molecule has 1 nitrogen and oxygen atoms in total. The zero-order chi connectivity index (χ0) is 17.5. The fourth-order valence-corrected chi connectivity index (χ4v) is 2.09. The summed E-state index contributed by atoms with van der Waals surface area (Å²) in [4.78, 5) is 0. The van der Waals surface area contributed by atoms with Gasteiger partial charge in [0.25, 0.3) is 0 Å². The van der Waals surface area contributed by atoms with Gasteiger partial charge in [-0.05, 0) is 0 Å². The van der Waals surface area contributed by atoms with Gasteiger partial charge in [0.1, 0.15) is 0 Å². The molecule has 0 saturated carbocycles. The van der Waals surface area contributed by atoms with Crippen LogP contribution in [0.25, 0.3) is 27.6 Å². The van der Waals surface area contributed by atoms with Gasteiger partial charge >= 0.3 is 30.2 Å². The number of hydrogen-bond acceptors (Lipinski definition) is 0. The van der Waals surface area contributed by atoms with E-state index in [4.69, 9.17) is 17.3 Å². The number of nitrogens with one attached hydrogen (secondary N) is 1. The molecule has 150 valence electrons. The second-order valence-electron chi connectivity index (χ2n) is 6.13. The van der Waals surface area contributed by atoms with Gasteiger partial charge in [-0.2, -0.15) is 0 Å². The summed E-state index contributed by atoms with van der Waals surface area (Å²) >= 11 is 7.23. The normalized spacial score (nSPS) is 8.74. The van der Waals surface area contributed by atoms with Crippen LogP contribution in [0.5, 0.6) is 0 Å². The van der Waals surface area contributed by atoms with Crippen LogP contribution in [0, 0.1) is 14.9 Å². The average molecular weight is 520 g/mol. The van der Waals surface area contributed by atoms with E-state index >= 15 is 0 Å². The molecule has 2 radical (unpaired) electrons. The van der Waals surface area contributed by atoms with E-state index in [1.807, 2.05) is 32.9 Å². The predicted octanol–water partition coefficient (Wildman–Crippen LogP) is 8.08. The first-order chi connectivity index (χ1) is 10.8. The van der Waals surface area contributed by atoms with Crippen LogP contribution in [0.1, 0.15) is 20.8 Å². The first-order valence-corrected chi connectivity index (χ1v) is 11.8. The van der Waals surface area contributed by atoms with E-state index in [9.17, 15) is 0 Å². The van der Waals surface area contributed by atoms with Crippen molar-refractivity contribution in [3.8, 4) is 11.1 Å². The SMILES string of the molecule is CC(C)(C)[NH-].Cl.Cl.Clc1ccc(-c2cc3ccccc3[cH-]2)cc1.[CH3-].[CH3-].[Si]=[Zr]. The van der Waals surface area contributed by atoms with Gasteiger partial charge in [0.2, 0.25) is 0 Å². The fourth-order valence-electron chi connectivity index (χ4n) is 1.96. The van der Waals surface area contributed by atoms with Crippen molar-refractivity contribution >= 4 is 54.1 Å². The predicted molar refractivity (Wildman–Crippen MR) is 127 cm³/mol. The number of benzene rings is 2. The zero-order valence-electron chi connectivity index (χ0n) is 16.5. The van der Waals surface area contributed by atoms with E-state index in [1.165, 1.54) is 45.2 Å². The van der Waals surface area contributed by atoms with Crippen molar-refractivity contribution in [1.82, 2.24) is 0 Å². The number of halogens is 3. The third-order valence-electron chi connectivity index (χ3n) is 2.80. The average Bonchev–Trinajstić information content (AvgIpc) is 2.92. The molecule has 0 atom stereocenters. The molecule has 0 amide bonds. The van der Waals surface area contributed by atoms with Crippen molar-refractivity contribution in [1.29, 1.82) is 0 Å². The van der Waals surface area contributed by atoms with E-state index in [-0.39, 0.29) is 45.2 Å². The van der Waals surface area contributed by atoms with Gasteiger partial charge in [-0.3, -0.25) is 0 Å². The van der Waals surface area contributed by atoms with Crippen molar-refractivity contribution in [2.24, 2.45) is 0 Å². The number of hydrogen-bond donors (Lipinski definition) is 0. The Balaban J connectivity index is -0.000000214. The molecule has 0 unspecified atom stereocenters. The number of fused-ring (bicyclic) bond motifs is 1. The summed E-state index contributed by atoms with van der Waals surface area (Å²) in [5.74, 6) is 0. The molecule has 0 bridgehead atoms. The fraction of sp³-hybridized carbons (Fsp3) is 0.190. The van der Waals surface area contributed by atoms with Gasteiger partial charge in [0.15, 0.2) is 0 Å². The molecule has 1 N–H and O–H groups in total. The van der Waals surface area contributed by atoms with Crippen LogP contribution >= 0.6 is 36.4 Å². The molecule has 0 aromatic heterocycles. The quantitative estimate of drug-likeness (QED) is 0.229. The Morgan fingerprint density at radius 1 is 0.926 bits per heavy atom. The molecule has 3 aromatic rings. The summed E-state index contributed by atoms with van der Waals surface area (Å²) in [5, 5.41) is 3.35. The molecule has 0 saturated heterocycles. The zero-order valence-corrected chi connectivity index (χ0v) is 22.3. The molecular weight excluding hydrogens is 492 g/mol. The van der Waals surface area contributed by atoms with Crippen LogP contribution in [0.4, 0.5) is 0 Å². The topological polar surface area (TPSA) is 23.8 Å². The maximum atomic E-state index is 6.94. The van der Waals surface area contributed by atoms with Gasteiger partial charge in [-0.1, -0.05) is 80.4 Å². The van der Waals surface area contributed by atoms with Gasteiger partial charge in [0.05, 0.1) is 0 Å². The minimum atomic E-state index is -0.250. The van der Waals surface area contributed by atoms with Crippen molar-refractivity contribution < 1.29 is 23.3 Å². The third kappa shape index (κ3) is 13.7. The van der Waals surface area contributed by atoms with Gasteiger partial charge in [-0.25, -0.2) is 0 Å². The van der Waals surface area contributed by atoms with Crippen LogP contribution in [0.2, 0.25) is 5.02 Å². The van der Waals surface area contributed by atoms with E-state index in [2.05, 4.69) is 55.4 Å². The van der Waals surface area contributed by atoms with Crippen LogP contribution < -0.4 is 0 Å². The minimum absolute atomic E-state index is 0. The van der Waals surface area contributed by atoms with Crippen LogP contribution in [-0.4, -0.2) is 12.4 Å². The Bertz CT molecular complexity index is 698. The van der Waals surface area contributed by atoms with E-state index in [0.717, 1.165) is 5.02 Å². The molecule has 27 heavy (non-hydrogen) atoms.